The molecule has 1 aromatic rings. The van der Waals surface area contributed by atoms with Crippen molar-refractivity contribution >= 4 is 21.6 Å². The fraction of sp³-hybridized carbons (Fsp3) is 0.588. The first-order chi connectivity index (χ1) is 10.7. The van der Waals surface area contributed by atoms with Crippen LogP contribution in [0, 0.1) is 31.6 Å². The summed E-state index contributed by atoms with van der Waals surface area (Å²) in [5, 5.41) is 8.10. The largest absolute Gasteiger partial charge is 0.326 e. The molecule has 3 atom stereocenters. The molecule has 23 heavy (non-hydrogen) atoms. The molecule has 0 aromatic heterocycles. The molecule has 6 heteroatoms. The number of hydrogen-bond acceptors (Lipinski definition) is 3. The summed E-state index contributed by atoms with van der Waals surface area (Å²) in [7, 11) is -3.78. The average Bonchev–Trinajstić information content (AvgIpc) is 3.04. The molecule has 2 bridgehead atoms. The summed E-state index contributed by atoms with van der Waals surface area (Å²) in [6.45, 7) is 3.69. The molecule has 0 spiro atoms. The molecule has 1 amide bonds. The number of anilines is 1. The second kappa shape index (κ2) is 5.91. The standard InChI is InChI=1S/C17H24N2O3S/c1-10-5-15(23(18,21)22)9-16(11(10)2)19-17(20)8-14-7-12-3-4-13(14)6-12/h5,9,12-14H,3-4,6-8H2,1-2H3,(H,19,20)(H2,18,21,22)/t12-,13-,14+/m1/s1. The van der Waals surface area contributed by atoms with Crippen molar-refractivity contribution in [2.24, 2.45) is 22.9 Å². The number of carbonyl (C=O) groups excluding carboxylic acids is 1. The van der Waals surface area contributed by atoms with E-state index in [-0.39, 0.29) is 10.8 Å². The fourth-order valence-corrected chi connectivity index (χ4v) is 4.81. The molecular formula is C17H24N2O3S. The van der Waals surface area contributed by atoms with Crippen molar-refractivity contribution in [3.05, 3.63) is 23.3 Å². The van der Waals surface area contributed by atoms with Gasteiger partial charge in [-0.25, -0.2) is 13.6 Å². The Morgan fingerprint density at radius 3 is 2.57 bits per heavy atom. The number of nitrogens with two attached hydrogens (primary N) is 1. The molecule has 2 fully saturated rings. The summed E-state index contributed by atoms with van der Waals surface area (Å²) in [6.07, 6.45) is 5.53. The fourth-order valence-electron chi connectivity index (χ4n) is 4.19. The van der Waals surface area contributed by atoms with Gasteiger partial charge >= 0.3 is 0 Å². The van der Waals surface area contributed by atoms with Crippen LogP contribution in [0.4, 0.5) is 5.69 Å². The maximum atomic E-state index is 12.4. The van der Waals surface area contributed by atoms with Crippen LogP contribution in [0.2, 0.25) is 0 Å². The zero-order chi connectivity index (χ0) is 16.8. The Morgan fingerprint density at radius 2 is 2.00 bits per heavy atom. The highest BCUT2D eigenvalue weighted by atomic mass is 32.2. The number of aryl methyl sites for hydroxylation is 1. The number of sulfonamides is 1. The summed E-state index contributed by atoms with van der Waals surface area (Å²) < 4.78 is 23.1. The van der Waals surface area contributed by atoms with E-state index in [1.807, 2.05) is 13.8 Å². The summed E-state index contributed by atoms with van der Waals surface area (Å²) >= 11 is 0. The number of nitrogens with one attached hydrogen (secondary N) is 1. The molecule has 2 aliphatic carbocycles. The van der Waals surface area contributed by atoms with E-state index in [1.54, 1.807) is 0 Å². The van der Waals surface area contributed by atoms with E-state index in [4.69, 9.17) is 5.14 Å². The van der Waals surface area contributed by atoms with Crippen LogP contribution in [-0.2, 0) is 14.8 Å². The summed E-state index contributed by atoms with van der Waals surface area (Å²) in [6, 6.07) is 2.99. The van der Waals surface area contributed by atoms with Gasteiger partial charge in [-0.05, 0) is 74.1 Å². The Balaban J connectivity index is 1.74. The van der Waals surface area contributed by atoms with Gasteiger partial charge in [0.1, 0.15) is 0 Å². The highest BCUT2D eigenvalue weighted by Gasteiger charge is 2.40. The van der Waals surface area contributed by atoms with E-state index < -0.39 is 10.0 Å². The lowest BCUT2D eigenvalue weighted by atomic mass is 9.86. The predicted octanol–water partition coefficient (Wildman–Crippen LogP) is 2.72. The van der Waals surface area contributed by atoms with Crippen LogP contribution in [0.5, 0.6) is 0 Å². The van der Waals surface area contributed by atoms with Crippen molar-refractivity contribution in [1.82, 2.24) is 0 Å². The number of rotatable bonds is 4. The zero-order valence-electron chi connectivity index (χ0n) is 13.6. The second-order valence-corrected chi connectivity index (χ2v) is 8.71. The van der Waals surface area contributed by atoms with Gasteiger partial charge in [-0.3, -0.25) is 4.79 Å². The molecule has 2 saturated carbocycles. The van der Waals surface area contributed by atoms with Crippen LogP contribution >= 0.6 is 0 Å². The van der Waals surface area contributed by atoms with Crippen molar-refractivity contribution < 1.29 is 13.2 Å². The van der Waals surface area contributed by atoms with Gasteiger partial charge in [-0.2, -0.15) is 0 Å². The molecule has 0 unspecified atom stereocenters. The monoisotopic (exact) mass is 336 g/mol. The van der Waals surface area contributed by atoms with Crippen molar-refractivity contribution in [3.8, 4) is 0 Å². The minimum absolute atomic E-state index is 0.0309. The van der Waals surface area contributed by atoms with Crippen LogP contribution < -0.4 is 10.5 Å². The van der Waals surface area contributed by atoms with Gasteiger partial charge in [-0.15, -0.1) is 0 Å². The van der Waals surface area contributed by atoms with Gasteiger partial charge in [0.2, 0.25) is 15.9 Å². The first-order valence-electron chi connectivity index (χ1n) is 8.18. The molecule has 5 nitrogen and oxygen atoms in total. The van der Waals surface area contributed by atoms with E-state index >= 15 is 0 Å². The highest BCUT2D eigenvalue weighted by Crippen LogP contribution is 2.49. The molecule has 3 rings (SSSR count). The summed E-state index contributed by atoms with van der Waals surface area (Å²) in [4.78, 5) is 12.4. The number of carbonyl (C=O) groups is 1. The Labute approximate surface area is 137 Å². The minimum atomic E-state index is -3.78. The maximum absolute atomic E-state index is 12.4. The number of amides is 1. The average molecular weight is 336 g/mol. The Morgan fingerprint density at radius 1 is 1.26 bits per heavy atom. The number of hydrogen-bond donors (Lipinski definition) is 2. The lowest BCUT2D eigenvalue weighted by molar-refractivity contribution is -0.117. The SMILES string of the molecule is Cc1cc(S(N)(=O)=O)cc(NC(=O)C[C@@H]2C[C@@H]3CC[C@@H]2C3)c1C. The first-order valence-corrected chi connectivity index (χ1v) is 9.72. The van der Waals surface area contributed by atoms with Crippen LogP contribution in [0.25, 0.3) is 0 Å². The lowest BCUT2D eigenvalue weighted by Crippen LogP contribution is -2.21. The number of fused-ring (bicyclic) bond motifs is 2. The van der Waals surface area contributed by atoms with Crippen molar-refractivity contribution in [2.45, 2.75) is 50.8 Å². The van der Waals surface area contributed by atoms with Crippen molar-refractivity contribution in [3.63, 3.8) is 0 Å². The third-order valence-corrected chi connectivity index (χ3v) is 6.47. The second-order valence-electron chi connectivity index (χ2n) is 7.14. The smallest absolute Gasteiger partial charge is 0.238 e. The van der Waals surface area contributed by atoms with Crippen LogP contribution in [0.1, 0.15) is 43.2 Å². The van der Waals surface area contributed by atoms with E-state index in [9.17, 15) is 13.2 Å². The molecule has 1 aromatic carbocycles. The zero-order valence-corrected chi connectivity index (χ0v) is 14.4. The van der Waals surface area contributed by atoms with Gasteiger partial charge in [0.25, 0.3) is 0 Å². The molecule has 126 valence electrons. The predicted molar refractivity (Wildman–Crippen MR) is 89.5 cm³/mol. The van der Waals surface area contributed by atoms with Gasteiger partial charge in [0, 0.05) is 12.1 Å². The molecule has 2 aliphatic rings. The Bertz CT molecular complexity index is 742. The van der Waals surface area contributed by atoms with Crippen LogP contribution in [0.3, 0.4) is 0 Å². The highest BCUT2D eigenvalue weighted by molar-refractivity contribution is 7.89. The number of primary sulfonamides is 1. The first kappa shape index (κ1) is 16.5. The lowest BCUT2D eigenvalue weighted by Gasteiger charge is -2.21. The number of benzene rings is 1. The Kier molecular flexibility index (Phi) is 4.23. The van der Waals surface area contributed by atoms with Crippen LogP contribution in [0.15, 0.2) is 17.0 Å². The van der Waals surface area contributed by atoms with Gasteiger partial charge in [0.05, 0.1) is 4.90 Å². The van der Waals surface area contributed by atoms with Gasteiger partial charge in [-0.1, -0.05) is 6.42 Å². The molecule has 0 aliphatic heterocycles. The van der Waals surface area contributed by atoms with Crippen molar-refractivity contribution in [2.75, 3.05) is 5.32 Å². The third-order valence-electron chi connectivity index (χ3n) is 5.58. The van der Waals surface area contributed by atoms with E-state index in [0.717, 1.165) is 23.5 Å². The molecule has 3 N–H and O–H groups in total. The van der Waals surface area contributed by atoms with E-state index in [2.05, 4.69) is 5.32 Å². The maximum Gasteiger partial charge on any atom is 0.238 e. The van der Waals surface area contributed by atoms with Crippen LogP contribution in [-0.4, -0.2) is 14.3 Å². The summed E-state index contributed by atoms with van der Waals surface area (Å²) in [5.74, 6) is 1.96. The molecule has 0 radical (unpaired) electrons. The van der Waals surface area contributed by atoms with Gasteiger partial charge < -0.3 is 5.32 Å². The third kappa shape index (κ3) is 3.43. The summed E-state index contributed by atoms with van der Waals surface area (Å²) in [5.41, 5.74) is 2.22. The van der Waals surface area contributed by atoms with E-state index in [0.29, 0.717) is 23.9 Å². The quantitative estimate of drug-likeness (QED) is 0.886. The topological polar surface area (TPSA) is 89.3 Å². The Hall–Kier alpha value is -1.40. The van der Waals surface area contributed by atoms with Gasteiger partial charge in [0.15, 0.2) is 0 Å². The molecule has 0 saturated heterocycles. The van der Waals surface area contributed by atoms with Crippen molar-refractivity contribution in [1.29, 1.82) is 0 Å². The molecule has 0 heterocycles. The normalized spacial score (nSPS) is 26.5. The van der Waals surface area contributed by atoms with E-state index in [1.165, 1.54) is 31.4 Å². The minimum Gasteiger partial charge on any atom is -0.326 e. The molecular weight excluding hydrogens is 312 g/mol.